The molecule has 0 fully saturated rings. The zero-order valence-electron chi connectivity index (χ0n) is 18.4. The number of rotatable bonds is 5. The van der Waals surface area contributed by atoms with E-state index in [0.29, 0.717) is 5.69 Å². The molecule has 0 saturated carbocycles. The number of fused-ring (bicyclic) bond motifs is 1. The highest BCUT2D eigenvalue weighted by molar-refractivity contribution is 6.09. The second-order valence-corrected chi connectivity index (χ2v) is 8.15. The molecule has 4 aromatic carbocycles. The topological polar surface area (TPSA) is 70.0 Å². The van der Waals surface area contributed by atoms with E-state index in [-0.39, 0.29) is 23.4 Å². The van der Waals surface area contributed by atoms with E-state index in [2.05, 4.69) is 0 Å². The molecule has 34 heavy (non-hydrogen) atoms. The van der Waals surface area contributed by atoms with Crippen LogP contribution in [0.5, 0.6) is 11.5 Å². The van der Waals surface area contributed by atoms with Gasteiger partial charge < -0.3 is 19.8 Å². The van der Waals surface area contributed by atoms with E-state index in [1.165, 1.54) is 12.0 Å². The number of methoxy groups -OCH3 is 1. The Hall–Kier alpha value is -4.16. The predicted octanol–water partition coefficient (Wildman–Crippen LogP) is 4.99. The quantitative estimate of drug-likeness (QED) is 0.445. The molecule has 1 atom stereocenters. The smallest absolute Gasteiger partial charge is 0.268 e. The van der Waals surface area contributed by atoms with Gasteiger partial charge in [-0.1, -0.05) is 72.8 Å². The maximum Gasteiger partial charge on any atom is 0.268 e. The molecular weight excluding hydrogens is 433 g/mol. The largest absolute Gasteiger partial charge is 0.507 e. The van der Waals surface area contributed by atoms with Gasteiger partial charge in [0.05, 0.1) is 19.3 Å². The third kappa shape index (κ3) is 3.31. The number of aromatic hydroxyl groups is 1. The van der Waals surface area contributed by atoms with Crippen LogP contribution in [0.4, 0.5) is 10.1 Å². The Balaban J connectivity index is 1.62. The zero-order valence-corrected chi connectivity index (χ0v) is 18.4. The second-order valence-electron chi connectivity index (χ2n) is 8.15. The number of phenols is 1. The highest BCUT2D eigenvalue weighted by atomic mass is 19.1. The van der Waals surface area contributed by atoms with Crippen molar-refractivity contribution in [3.05, 3.63) is 114 Å². The second kappa shape index (κ2) is 8.32. The Morgan fingerprint density at radius 1 is 0.912 bits per heavy atom. The Morgan fingerprint density at radius 3 is 2.35 bits per heavy atom. The molecule has 0 spiro atoms. The number of benzene rings is 4. The highest BCUT2D eigenvalue weighted by Crippen LogP contribution is 2.48. The number of amides is 1. The molecule has 1 heterocycles. The molecule has 6 heteroatoms. The van der Waals surface area contributed by atoms with Crippen LogP contribution >= 0.6 is 0 Å². The van der Waals surface area contributed by atoms with Crippen LogP contribution in [0.3, 0.4) is 0 Å². The lowest BCUT2D eigenvalue weighted by atomic mass is 9.86. The monoisotopic (exact) mass is 455 g/mol. The molecule has 0 radical (unpaired) electrons. The Morgan fingerprint density at radius 2 is 1.59 bits per heavy atom. The lowest BCUT2D eigenvalue weighted by Crippen LogP contribution is -2.41. The SMILES string of the molecule is COc1cc(O)c(C2(O)C(=O)N(Cc3ccccc3-c3ccccc3)c3ccccc32)cc1F. The summed E-state index contributed by atoms with van der Waals surface area (Å²) in [5.74, 6) is -2.08. The van der Waals surface area contributed by atoms with Crippen LogP contribution in [0, 0.1) is 5.82 Å². The van der Waals surface area contributed by atoms with Crippen LogP contribution in [0.25, 0.3) is 11.1 Å². The van der Waals surface area contributed by atoms with Gasteiger partial charge in [-0.25, -0.2) is 4.39 Å². The van der Waals surface area contributed by atoms with Crippen molar-refractivity contribution in [3.63, 3.8) is 0 Å². The van der Waals surface area contributed by atoms with Crippen LogP contribution < -0.4 is 9.64 Å². The maximum absolute atomic E-state index is 14.6. The first-order valence-corrected chi connectivity index (χ1v) is 10.8. The number of phenolic OH excluding ortho intramolecular Hbond substituents is 1. The van der Waals surface area contributed by atoms with Crippen molar-refractivity contribution in [3.8, 4) is 22.6 Å². The first-order valence-electron chi connectivity index (χ1n) is 10.8. The zero-order chi connectivity index (χ0) is 23.9. The van der Waals surface area contributed by atoms with Gasteiger partial charge in [0.15, 0.2) is 11.6 Å². The number of nitrogens with zero attached hydrogens (tertiary/aromatic N) is 1. The summed E-state index contributed by atoms with van der Waals surface area (Å²) < 4.78 is 19.5. The number of aliphatic hydroxyl groups is 1. The summed E-state index contributed by atoms with van der Waals surface area (Å²) in [5, 5.41) is 22.3. The Labute approximate surface area is 196 Å². The van der Waals surface area contributed by atoms with Crippen LogP contribution in [0.1, 0.15) is 16.7 Å². The number of carbonyl (C=O) groups excluding carboxylic acids is 1. The van der Waals surface area contributed by atoms with Crippen molar-refractivity contribution < 1.29 is 24.1 Å². The minimum Gasteiger partial charge on any atom is -0.507 e. The first-order chi connectivity index (χ1) is 16.4. The Bertz CT molecular complexity index is 1390. The first kappa shape index (κ1) is 21.7. The normalized spacial score (nSPS) is 17.0. The van der Waals surface area contributed by atoms with Gasteiger partial charge in [0.1, 0.15) is 5.75 Å². The number of halogens is 1. The van der Waals surface area contributed by atoms with E-state index in [0.717, 1.165) is 28.8 Å². The van der Waals surface area contributed by atoms with Crippen LogP contribution in [0.2, 0.25) is 0 Å². The highest BCUT2D eigenvalue weighted by Gasteiger charge is 2.52. The predicted molar refractivity (Wildman–Crippen MR) is 127 cm³/mol. The third-order valence-electron chi connectivity index (χ3n) is 6.23. The van der Waals surface area contributed by atoms with Crippen LogP contribution in [0.15, 0.2) is 91.0 Å². The average molecular weight is 455 g/mol. The van der Waals surface area contributed by atoms with Gasteiger partial charge >= 0.3 is 0 Å². The molecule has 0 aliphatic carbocycles. The number of hydrogen-bond acceptors (Lipinski definition) is 4. The van der Waals surface area contributed by atoms with Crippen molar-refractivity contribution in [2.75, 3.05) is 12.0 Å². The fourth-order valence-electron chi connectivity index (χ4n) is 4.57. The molecule has 1 aliphatic rings. The molecule has 0 aromatic heterocycles. The lowest BCUT2D eigenvalue weighted by Gasteiger charge is -2.25. The molecule has 5 nitrogen and oxygen atoms in total. The van der Waals surface area contributed by atoms with Crippen molar-refractivity contribution in [1.82, 2.24) is 0 Å². The van der Waals surface area contributed by atoms with Crippen LogP contribution in [-0.2, 0) is 16.9 Å². The minimum atomic E-state index is -2.25. The summed E-state index contributed by atoms with van der Waals surface area (Å²) in [5.41, 5.74) is 1.12. The van der Waals surface area contributed by atoms with Gasteiger partial charge in [-0.15, -0.1) is 0 Å². The number of para-hydroxylation sites is 1. The van der Waals surface area contributed by atoms with Gasteiger partial charge in [0.25, 0.3) is 5.91 Å². The molecule has 1 amide bonds. The van der Waals surface area contributed by atoms with E-state index in [4.69, 9.17) is 4.74 Å². The number of carbonyl (C=O) groups is 1. The van der Waals surface area contributed by atoms with E-state index < -0.39 is 23.1 Å². The van der Waals surface area contributed by atoms with E-state index in [1.54, 1.807) is 24.3 Å². The average Bonchev–Trinajstić information content (AvgIpc) is 3.08. The van der Waals surface area contributed by atoms with Gasteiger partial charge in [-0.2, -0.15) is 0 Å². The van der Waals surface area contributed by atoms with Crippen molar-refractivity contribution in [1.29, 1.82) is 0 Å². The van der Waals surface area contributed by atoms with Gasteiger partial charge in [-0.3, -0.25) is 4.79 Å². The van der Waals surface area contributed by atoms with Gasteiger partial charge in [0.2, 0.25) is 5.60 Å². The molecule has 4 aromatic rings. The fourth-order valence-corrected chi connectivity index (χ4v) is 4.57. The molecule has 1 aliphatic heterocycles. The molecule has 2 N–H and O–H groups in total. The van der Waals surface area contributed by atoms with E-state index >= 15 is 0 Å². The maximum atomic E-state index is 14.6. The van der Waals surface area contributed by atoms with Crippen molar-refractivity contribution >= 4 is 11.6 Å². The van der Waals surface area contributed by atoms with Crippen molar-refractivity contribution in [2.45, 2.75) is 12.1 Å². The van der Waals surface area contributed by atoms with E-state index in [1.807, 2.05) is 54.6 Å². The molecule has 1 unspecified atom stereocenters. The minimum absolute atomic E-state index is 0.183. The summed E-state index contributed by atoms with van der Waals surface area (Å²) in [6, 6.07) is 26.4. The number of hydrogen-bond donors (Lipinski definition) is 2. The van der Waals surface area contributed by atoms with Gasteiger partial charge in [0, 0.05) is 17.2 Å². The standard InChI is InChI=1S/C28H22FNO4/c1-34-26-16-25(31)22(15-23(26)29)28(33)21-13-7-8-14-24(21)30(27(28)32)17-19-11-5-6-12-20(19)18-9-3-2-4-10-18/h2-16,31,33H,17H2,1H3. The summed E-state index contributed by atoms with van der Waals surface area (Å²) in [6.45, 7) is 0.183. The number of anilines is 1. The summed E-state index contributed by atoms with van der Waals surface area (Å²) >= 11 is 0. The van der Waals surface area contributed by atoms with Crippen molar-refractivity contribution in [2.24, 2.45) is 0 Å². The molecule has 5 rings (SSSR count). The molecule has 0 bridgehead atoms. The number of ether oxygens (including phenoxy) is 1. The fraction of sp³-hybridized carbons (Fsp3) is 0.107. The van der Waals surface area contributed by atoms with E-state index in [9.17, 15) is 19.4 Å². The molecule has 0 saturated heterocycles. The summed E-state index contributed by atoms with van der Waals surface area (Å²) in [7, 11) is 1.27. The lowest BCUT2D eigenvalue weighted by molar-refractivity contribution is -0.132. The third-order valence-corrected chi connectivity index (χ3v) is 6.23. The summed E-state index contributed by atoms with van der Waals surface area (Å²) in [4.78, 5) is 15.2. The molecular formula is C28H22FNO4. The Kier molecular flexibility index (Phi) is 5.30. The summed E-state index contributed by atoms with van der Waals surface area (Å²) in [6.07, 6.45) is 0. The molecule has 170 valence electrons. The van der Waals surface area contributed by atoms with Crippen LogP contribution in [-0.4, -0.2) is 23.2 Å². The van der Waals surface area contributed by atoms with Gasteiger partial charge in [-0.05, 0) is 28.8 Å².